The van der Waals surface area contributed by atoms with Gasteiger partial charge in [0.05, 0.1) is 29.1 Å². The Kier molecular flexibility index (Phi) is 2.71. The molecule has 0 fully saturated rings. The van der Waals surface area contributed by atoms with Crippen molar-refractivity contribution in [3.63, 3.8) is 0 Å². The highest BCUT2D eigenvalue weighted by Gasteiger charge is 2.16. The summed E-state index contributed by atoms with van der Waals surface area (Å²) < 4.78 is 12.3. The predicted octanol–water partition coefficient (Wildman–Crippen LogP) is 1.81. The fraction of sp³-hybridized carbons (Fsp3) is 0.273. The second kappa shape index (κ2) is 4.38. The van der Waals surface area contributed by atoms with Gasteiger partial charge in [-0.1, -0.05) is 16.8 Å². The van der Waals surface area contributed by atoms with Gasteiger partial charge in [-0.2, -0.15) is 0 Å². The third-order valence-corrected chi connectivity index (χ3v) is 3.04. The molecule has 0 saturated heterocycles. The fourth-order valence-electron chi connectivity index (χ4n) is 1.71. The Bertz CT molecular complexity index is 584. The third-order valence-electron chi connectivity index (χ3n) is 2.73. The minimum Gasteiger partial charge on any atom is -0.454 e. The fourth-order valence-corrected chi connectivity index (χ4v) is 1.93. The number of hydrogen-bond acceptors (Lipinski definition) is 5. The monoisotopic (exact) mass is 266 g/mol. The summed E-state index contributed by atoms with van der Waals surface area (Å²) in [5.41, 5.74) is 1.76. The number of nitrogens with zero attached hydrogens (tertiary/aromatic N) is 3. The van der Waals surface area contributed by atoms with Crippen LogP contribution in [0.1, 0.15) is 5.69 Å². The van der Waals surface area contributed by atoms with Crippen LogP contribution in [0.25, 0.3) is 0 Å². The van der Waals surface area contributed by atoms with Crippen LogP contribution < -0.4 is 14.8 Å². The molecule has 0 aliphatic carbocycles. The number of rotatable bonds is 3. The van der Waals surface area contributed by atoms with E-state index >= 15 is 0 Å². The highest BCUT2D eigenvalue weighted by atomic mass is 35.5. The van der Waals surface area contributed by atoms with Crippen LogP contribution in [0.4, 0.5) is 5.69 Å². The highest BCUT2D eigenvalue weighted by molar-refractivity contribution is 6.33. The van der Waals surface area contributed by atoms with Crippen molar-refractivity contribution in [1.82, 2.24) is 15.0 Å². The van der Waals surface area contributed by atoms with Gasteiger partial charge >= 0.3 is 0 Å². The Morgan fingerprint density at radius 3 is 2.89 bits per heavy atom. The quantitative estimate of drug-likeness (QED) is 0.918. The Hall–Kier alpha value is -1.95. The normalized spacial score (nSPS) is 12.8. The van der Waals surface area contributed by atoms with Gasteiger partial charge in [-0.05, 0) is 0 Å². The molecule has 0 atom stereocenters. The summed E-state index contributed by atoms with van der Waals surface area (Å²) in [6.45, 7) is 0.823. The van der Waals surface area contributed by atoms with Gasteiger partial charge in [0.1, 0.15) is 0 Å². The molecule has 2 heterocycles. The van der Waals surface area contributed by atoms with E-state index in [1.807, 2.05) is 13.1 Å². The number of aromatic nitrogens is 3. The molecule has 1 aliphatic heterocycles. The van der Waals surface area contributed by atoms with Crippen molar-refractivity contribution in [2.45, 2.75) is 6.54 Å². The molecule has 2 aromatic rings. The smallest absolute Gasteiger partial charge is 0.231 e. The van der Waals surface area contributed by atoms with Crippen LogP contribution in [-0.2, 0) is 13.6 Å². The van der Waals surface area contributed by atoms with E-state index in [0.29, 0.717) is 23.1 Å². The summed E-state index contributed by atoms with van der Waals surface area (Å²) in [5.74, 6) is 1.37. The lowest BCUT2D eigenvalue weighted by Gasteiger charge is -2.09. The molecule has 0 radical (unpaired) electrons. The van der Waals surface area contributed by atoms with Gasteiger partial charge < -0.3 is 14.8 Å². The molecular weight excluding hydrogens is 256 g/mol. The van der Waals surface area contributed by atoms with E-state index in [2.05, 4.69) is 15.6 Å². The number of ether oxygens (including phenoxy) is 2. The summed E-state index contributed by atoms with van der Waals surface area (Å²) in [6, 6.07) is 3.57. The van der Waals surface area contributed by atoms with Crippen molar-refractivity contribution in [1.29, 1.82) is 0 Å². The largest absolute Gasteiger partial charge is 0.454 e. The van der Waals surface area contributed by atoms with Crippen LogP contribution in [0.2, 0.25) is 5.02 Å². The van der Waals surface area contributed by atoms with Crippen LogP contribution >= 0.6 is 11.6 Å². The minimum atomic E-state index is 0.237. The Morgan fingerprint density at radius 2 is 2.17 bits per heavy atom. The number of halogens is 1. The molecule has 94 valence electrons. The molecule has 0 amide bonds. The number of nitrogens with one attached hydrogen (secondary N) is 1. The summed E-state index contributed by atoms with van der Waals surface area (Å²) in [7, 11) is 1.84. The molecule has 0 bridgehead atoms. The van der Waals surface area contributed by atoms with Crippen molar-refractivity contribution in [2.24, 2.45) is 7.05 Å². The Morgan fingerprint density at radius 1 is 1.39 bits per heavy atom. The first-order valence-electron chi connectivity index (χ1n) is 5.40. The lowest BCUT2D eigenvalue weighted by molar-refractivity contribution is 0.174. The van der Waals surface area contributed by atoms with Gasteiger partial charge in [0, 0.05) is 19.2 Å². The molecule has 0 unspecified atom stereocenters. The van der Waals surface area contributed by atoms with Gasteiger partial charge in [-0.15, -0.1) is 5.10 Å². The zero-order valence-electron chi connectivity index (χ0n) is 9.68. The summed E-state index contributed by atoms with van der Waals surface area (Å²) >= 11 is 6.15. The van der Waals surface area contributed by atoms with E-state index in [1.165, 1.54) is 0 Å². The van der Waals surface area contributed by atoms with Crippen LogP contribution in [0.5, 0.6) is 11.5 Å². The van der Waals surface area contributed by atoms with E-state index in [4.69, 9.17) is 21.1 Å². The molecule has 18 heavy (non-hydrogen) atoms. The van der Waals surface area contributed by atoms with Crippen molar-refractivity contribution in [3.05, 3.63) is 29.0 Å². The summed E-state index contributed by atoms with van der Waals surface area (Å²) in [6.07, 6.45) is 1.70. The molecule has 1 aromatic carbocycles. The lowest BCUT2D eigenvalue weighted by Crippen LogP contribution is -2.05. The second-order valence-corrected chi connectivity index (χ2v) is 4.30. The average Bonchev–Trinajstić information content (AvgIpc) is 2.95. The first kappa shape index (κ1) is 11.2. The average molecular weight is 267 g/mol. The molecule has 1 aromatic heterocycles. The zero-order chi connectivity index (χ0) is 12.5. The molecular formula is C11H11ClN4O2. The van der Waals surface area contributed by atoms with E-state index < -0.39 is 0 Å². The van der Waals surface area contributed by atoms with Gasteiger partial charge in [0.25, 0.3) is 0 Å². The molecule has 6 nitrogen and oxygen atoms in total. The second-order valence-electron chi connectivity index (χ2n) is 3.89. The van der Waals surface area contributed by atoms with Crippen LogP contribution in [0.15, 0.2) is 18.3 Å². The number of anilines is 1. The van der Waals surface area contributed by atoms with Crippen molar-refractivity contribution >= 4 is 17.3 Å². The molecule has 3 rings (SSSR count). The minimum absolute atomic E-state index is 0.237. The molecule has 7 heteroatoms. The van der Waals surface area contributed by atoms with Crippen molar-refractivity contribution in [3.8, 4) is 11.5 Å². The standard InChI is InChI=1S/C11H11ClN4O2/c1-16-7(5-14-15-16)4-13-9-3-11-10(2-8(9)12)17-6-18-11/h2-3,5,13H,4,6H2,1H3. The molecule has 0 saturated carbocycles. The SMILES string of the molecule is Cn1nncc1CNc1cc2c(cc1Cl)OCO2. The van der Waals surface area contributed by atoms with E-state index in [1.54, 1.807) is 16.9 Å². The number of benzene rings is 1. The maximum Gasteiger partial charge on any atom is 0.231 e. The van der Waals surface area contributed by atoms with Crippen molar-refractivity contribution < 1.29 is 9.47 Å². The van der Waals surface area contributed by atoms with Crippen LogP contribution in [0.3, 0.4) is 0 Å². The van der Waals surface area contributed by atoms with E-state index in [-0.39, 0.29) is 6.79 Å². The first-order chi connectivity index (χ1) is 8.74. The summed E-state index contributed by atoms with van der Waals surface area (Å²) in [4.78, 5) is 0. The van der Waals surface area contributed by atoms with Crippen LogP contribution in [0, 0.1) is 0 Å². The topological polar surface area (TPSA) is 61.2 Å². The van der Waals surface area contributed by atoms with Gasteiger partial charge in [-0.25, -0.2) is 0 Å². The van der Waals surface area contributed by atoms with E-state index in [9.17, 15) is 0 Å². The number of aryl methyl sites for hydroxylation is 1. The number of hydrogen-bond donors (Lipinski definition) is 1. The van der Waals surface area contributed by atoms with Crippen LogP contribution in [-0.4, -0.2) is 21.8 Å². The summed E-state index contributed by atoms with van der Waals surface area (Å²) in [5, 5.41) is 11.5. The lowest BCUT2D eigenvalue weighted by atomic mass is 10.2. The van der Waals surface area contributed by atoms with Gasteiger partial charge in [0.2, 0.25) is 6.79 Å². The number of fused-ring (bicyclic) bond motifs is 1. The predicted molar refractivity (Wildman–Crippen MR) is 65.9 cm³/mol. The highest BCUT2D eigenvalue weighted by Crippen LogP contribution is 2.39. The molecule has 1 N–H and O–H groups in total. The Balaban J connectivity index is 1.79. The molecule has 0 spiro atoms. The molecule has 1 aliphatic rings. The maximum atomic E-state index is 6.15. The first-order valence-corrected chi connectivity index (χ1v) is 5.78. The Labute approximate surface area is 108 Å². The maximum absolute atomic E-state index is 6.15. The zero-order valence-corrected chi connectivity index (χ0v) is 10.4. The van der Waals surface area contributed by atoms with Crippen molar-refractivity contribution in [2.75, 3.05) is 12.1 Å². The van der Waals surface area contributed by atoms with Gasteiger partial charge in [-0.3, -0.25) is 4.68 Å². The van der Waals surface area contributed by atoms with Gasteiger partial charge in [0.15, 0.2) is 11.5 Å². The van der Waals surface area contributed by atoms with E-state index in [0.717, 1.165) is 11.4 Å². The third kappa shape index (κ3) is 1.95.